The van der Waals surface area contributed by atoms with Gasteiger partial charge in [-0.25, -0.2) is 9.97 Å². The van der Waals surface area contributed by atoms with Gasteiger partial charge in [-0.2, -0.15) is 0 Å². The van der Waals surface area contributed by atoms with Crippen molar-refractivity contribution in [2.24, 2.45) is 0 Å². The maximum atomic E-state index is 6.54. The monoisotopic (exact) mass is 379 g/mol. The molecule has 4 nitrogen and oxygen atoms in total. The molecule has 2 unspecified atom stereocenters. The summed E-state index contributed by atoms with van der Waals surface area (Å²) in [6.45, 7) is 0.869. The Balaban J connectivity index is 1.60. The molecule has 6 heteroatoms. The maximum absolute atomic E-state index is 6.54. The lowest BCUT2D eigenvalue weighted by molar-refractivity contribution is 0.193. The van der Waals surface area contributed by atoms with Crippen LogP contribution in [0.4, 0.5) is 5.82 Å². The molecule has 0 amide bonds. The number of rotatable bonds is 2. The smallest absolute Gasteiger partial charge is 0.213 e. The maximum Gasteiger partial charge on any atom is 0.213 e. The molecule has 0 saturated heterocycles. The van der Waals surface area contributed by atoms with E-state index in [9.17, 15) is 0 Å². The van der Waals surface area contributed by atoms with E-state index in [1.165, 1.54) is 0 Å². The van der Waals surface area contributed by atoms with Crippen LogP contribution >= 0.6 is 27.5 Å². The van der Waals surface area contributed by atoms with Crippen LogP contribution in [0.3, 0.4) is 0 Å². The number of aromatic nitrogens is 2. The van der Waals surface area contributed by atoms with Gasteiger partial charge in [0.1, 0.15) is 11.9 Å². The summed E-state index contributed by atoms with van der Waals surface area (Å²) in [5.74, 6) is 1.60. The molecule has 2 aliphatic rings. The predicted octanol–water partition coefficient (Wildman–Crippen LogP) is 4.19. The van der Waals surface area contributed by atoms with Gasteiger partial charge in [0.15, 0.2) is 0 Å². The molecule has 0 radical (unpaired) electrons. The van der Waals surface area contributed by atoms with Crippen LogP contribution in [0, 0.1) is 0 Å². The Morgan fingerprint density at radius 3 is 3.09 bits per heavy atom. The molecule has 3 heterocycles. The van der Waals surface area contributed by atoms with Crippen molar-refractivity contribution in [1.29, 1.82) is 0 Å². The number of nitrogens with zero attached hydrogens (tertiary/aromatic N) is 2. The minimum atomic E-state index is 0.0165. The summed E-state index contributed by atoms with van der Waals surface area (Å²) >= 11 is 10.0. The van der Waals surface area contributed by atoms with Gasteiger partial charge in [-0.1, -0.05) is 17.7 Å². The third-order valence-corrected chi connectivity index (χ3v) is 5.81. The van der Waals surface area contributed by atoms with Crippen LogP contribution in [0.15, 0.2) is 35.1 Å². The first-order chi connectivity index (χ1) is 10.7. The van der Waals surface area contributed by atoms with E-state index in [2.05, 4.69) is 31.2 Å². The lowest BCUT2D eigenvalue weighted by Gasteiger charge is -2.24. The molecule has 1 spiro atoms. The molecule has 0 bridgehead atoms. The van der Waals surface area contributed by atoms with Crippen molar-refractivity contribution in [3.63, 3.8) is 0 Å². The van der Waals surface area contributed by atoms with Gasteiger partial charge in [0.05, 0.1) is 9.50 Å². The molecule has 1 aliphatic heterocycles. The Labute approximate surface area is 142 Å². The normalized spacial score (nSPS) is 26.0. The van der Waals surface area contributed by atoms with Crippen molar-refractivity contribution in [2.45, 2.75) is 30.8 Å². The van der Waals surface area contributed by atoms with Gasteiger partial charge in [-0.15, -0.1) is 0 Å². The first-order valence-electron chi connectivity index (χ1n) is 7.34. The number of anilines is 1. The molecule has 4 rings (SSSR count). The number of fused-ring (bicyclic) bond motifs is 2. The average molecular weight is 381 g/mol. The molecule has 1 aliphatic carbocycles. The molecular weight excluding hydrogens is 366 g/mol. The molecule has 114 valence electrons. The van der Waals surface area contributed by atoms with Gasteiger partial charge >= 0.3 is 0 Å². The Bertz CT molecular complexity index is 712. The Hall–Kier alpha value is -1.33. The van der Waals surface area contributed by atoms with E-state index in [1.54, 1.807) is 12.4 Å². The van der Waals surface area contributed by atoms with Crippen LogP contribution in [-0.2, 0) is 5.41 Å². The third kappa shape index (κ3) is 2.27. The minimum absolute atomic E-state index is 0.0165. The number of hydrogen-bond donors (Lipinski definition) is 1. The lowest BCUT2D eigenvalue weighted by Crippen LogP contribution is -2.27. The molecule has 2 aromatic rings. The van der Waals surface area contributed by atoms with Crippen molar-refractivity contribution >= 4 is 33.3 Å². The SMILES string of the molecule is Clc1c(Br)cnc2c1C1(CCC(Oc3ccccn3)C1)CN2. The van der Waals surface area contributed by atoms with E-state index in [0.717, 1.165) is 46.7 Å². The number of nitrogens with one attached hydrogen (secondary N) is 1. The van der Waals surface area contributed by atoms with Crippen LogP contribution in [0.5, 0.6) is 5.88 Å². The second kappa shape index (κ2) is 5.39. The van der Waals surface area contributed by atoms with Gasteiger partial charge in [-0.05, 0) is 41.3 Å². The number of ether oxygens (including phenoxy) is 1. The number of pyridine rings is 2. The fourth-order valence-corrected chi connectivity index (χ4v) is 4.22. The highest BCUT2D eigenvalue weighted by Gasteiger charge is 2.48. The zero-order chi connectivity index (χ0) is 15.2. The summed E-state index contributed by atoms with van der Waals surface area (Å²) in [6.07, 6.45) is 6.65. The molecule has 2 atom stereocenters. The zero-order valence-electron chi connectivity index (χ0n) is 11.9. The zero-order valence-corrected chi connectivity index (χ0v) is 14.2. The minimum Gasteiger partial charge on any atom is -0.474 e. The van der Waals surface area contributed by atoms with Gasteiger partial charge < -0.3 is 10.1 Å². The van der Waals surface area contributed by atoms with Crippen LogP contribution in [0.1, 0.15) is 24.8 Å². The molecule has 22 heavy (non-hydrogen) atoms. The van der Waals surface area contributed by atoms with Crippen molar-refractivity contribution < 1.29 is 4.74 Å². The van der Waals surface area contributed by atoms with Gasteiger partial charge in [0.25, 0.3) is 0 Å². The Morgan fingerprint density at radius 1 is 1.36 bits per heavy atom. The van der Waals surface area contributed by atoms with E-state index in [0.29, 0.717) is 5.88 Å². The van der Waals surface area contributed by atoms with Crippen LogP contribution < -0.4 is 10.1 Å². The molecule has 0 aromatic carbocycles. The van der Waals surface area contributed by atoms with Crippen LogP contribution in [-0.4, -0.2) is 22.6 Å². The van der Waals surface area contributed by atoms with Gasteiger partial charge in [-0.3, -0.25) is 0 Å². The highest BCUT2D eigenvalue weighted by molar-refractivity contribution is 9.10. The van der Waals surface area contributed by atoms with Gasteiger partial charge in [0.2, 0.25) is 5.88 Å². The average Bonchev–Trinajstić information content (AvgIpc) is 3.10. The number of halogens is 2. The second-order valence-electron chi connectivity index (χ2n) is 5.93. The molecule has 1 fully saturated rings. The molecule has 1 N–H and O–H groups in total. The van der Waals surface area contributed by atoms with Crippen molar-refractivity contribution in [3.05, 3.63) is 45.7 Å². The fourth-order valence-electron chi connectivity index (χ4n) is 3.58. The summed E-state index contributed by atoms with van der Waals surface area (Å²) < 4.78 is 6.88. The van der Waals surface area contributed by atoms with E-state index < -0.39 is 0 Å². The quantitative estimate of drug-likeness (QED) is 0.849. The standard InChI is InChI=1S/C16H15BrClN3O/c17-11-8-20-15-13(14(11)18)16(9-21-15)5-4-10(7-16)22-12-3-1-2-6-19-12/h1-3,6,8,10H,4-5,7,9H2,(H,20,21). The summed E-state index contributed by atoms with van der Waals surface area (Å²) in [5, 5.41) is 4.17. The molecule has 1 saturated carbocycles. The molecule has 2 aromatic heterocycles. The van der Waals surface area contributed by atoms with Crippen molar-refractivity contribution in [3.8, 4) is 5.88 Å². The van der Waals surface area contributed by atoms with Crippen molar-refractivity contribution in [1.82, 2.24) is 9.97 Å². The highest BCUT2D eigenvalue weighted by atomic mass is 79.9. The predicted molar refractivity (Wildman–Crippen MR) is 89.6 cm³/mol. The Morgan fingerprint density at radius 2 is 2.27 bits per heavy atom. The van der Waals surface area contributed by atoms with Gasteiger partial charge in [0, 0.05) is 36.0 Å². The van der Waals surface area contributed by atoms with E-state index in [-0.39, 0.29) is 11.5 Å². The van der Waals surface area contributed by atoms with Crippen molar-refractivity contribution in [2.75, 3.05) is 11.9 Å². The fraction of sp³-hybridized carbons (Fsp3) is 0.375. The summed E-state index contributed by atoms with van der Waals surface area (Å²) in [5.41, 5.74) is 1.15. The largest absolute Gasteiger partial charge is 0.474 e. The van der Waals surface area contributed by atoms with E-state index >= 15 is 0 Å². The topological polar surface area (TPSA) is 47.0 Å². The summed E-state index contributed by atoms with van der Waals surface area (Å²) in [4.78, 5) is 8.70. The van der Waals surface area contributed by atoms with Crippen LogP contribution in [0.25, 0.3) is 0 Å². The first kappa shape index (κ1) is 14.3. The number of hydrogen-bond acceptors (Lipinski definition) is 4. The highest BCUT2D eigenvalue weighted by Crippen LogP contribution is 2.51. The second-order valence-corrected chi connectivity index (χ2v) is 7.16. The van der Waals surface area contributed by atoms with E-state index in [1.807, 2.05) is 18.2 Å². The van der Waals surface area contributed by atoms with Crippen LogP contribution in [0.2, 0.25) is 5.02 Å². The van der Waals surface area contributed by atoms with E-state index in [4.69, 9.17) is 16.3 Å². The third-order valence-electron chi connectivity index (χ3n) is 4.59. The Kier molecular flexibility index (Phi) is 3.50. The lowest BCUT2D eigenvalue weighted by atomic mass is 9.81. The molecular formula is C16H15BrClN3O. The first-order valence-corrected chi connectivity index (χ1v) is 8.51. The summed E-state index contributed by atoms with van der Waals surface area (Å²) in [7, 11) is 0. The summed E-state index contributed by atoms with van der Waals surface area (Å²) in [6, 6.07) is 5.73.